The summed E-state index contributed by atoms with van der Waals surface area (Å²) in [7, 11) is 0. The second kappa shape index (κ2) is 7.71. The molecule has 0 aliphatic heterocycles. The van der Waals surface area contributed by atoms with Crippen LogP contribution < -0.4 is 0 Å². The van der Waals surface area contributed by atoms with E-state index in [9.17, 15) is 4.79 Å². The average Bonchev–Trinajstić information content (AvgIpc) is 3.34. The van der Waals surface area contributed by atoms with E-state index in [0.717, 1.165) is 11.3 Å². The van der Waals surface area contributed by atoms with Crippen molar-refractivity contribution in [3.8, 4) is 17.1 Å². The summed E-state index contributed by atoms with van der Waals surface area (Å²) in [6, 6.07) is 19.1. The molecule has 0 radical (unpaired) electrons. The van der Waals surface area contributed by atoms with Crippen molar-refractivity contribution in [3.05, 3.63) is 83.5 Å². The van der Waals surface area contributed by atoms with Crippen LogP contribution in [0.2, 0.25) is 0 Å². The summed E-state index contributed by atoms with van der Waals surface area (Å²) in [4.78, 5) is 12.8. The minimum absolute atomic E-state index is 0.239. The highest BCUT2D eigenvalue weighted by atomic mass is 16.6. The lowest BCUT2D eigenvalue weighted by Crippen LogP contribution is -2.11. The zero-order valence-corrected chi connectivity index (χ0v) is 16.4. The van der Waals surface area contributed by atoms with Crippen LogP contribution in [-0.2, 0) is 4.74 Å². The van der Waals surface area contributed by atoms with Gasteiger partial charge < -0.3 is 9.15 Å². The van der Waals surface area contributed by atoms with Gasteiger partial charge in [-0.05, 0) is 45.0 Å². The van der Waals surface area contributed by atoms with E-state index < -0.39 is 12.1 Å². The number of aryl methyl sites for hydroxylation is 1. The fraction of sp³-hybridized carbons (Fsp3) is 0.182. The molecular weight excluding hydrogens is 368 g/mol. The lowest BCUT2D eigenvalue weighted by molar-refractivity contribution is 0.0278. The SMILES string of the molecule is Cc1nn(-c2ccccc2)c(C)c1C(=O)O[C@@H](C)c1nnc(-c2ccccc2)o1. The van der Waals surface area contributed by atoms with E-state index in [1.807, 2.05) is 67.6 Å². The molecule has 0 unspecified atom stereocenters. The van der Waals surface area contributed by atoms with Crippen LogP contribution in [-0.4, -0.2) is 25.9 Å². The quantitative estimate of drug-likeness (QED) is 0.470. The van der Waals surface area contributed by atoms with Crippen LogP contribution in [0.15, 0.2) is 65.1 Å². The topological polar surface area (TPSA) is 83.0 Å². The average molecular weight is 388 g/mol. The molecule has 2 aromatic carbocycles. The Labute approximate surface area is 168 Å². The van der Waals surface area contributed by atoms with Gasteiger partial charge in [-0.3, -0.25) is 0 Å². The van der Waals surface area contributed by atoms with E-state index in [1.54, 1.807) is 18.5 Å². The number of carbonyl (C=O) groups excluding carboxylic acids is 1. The molecule has 7 heteroatoms. The predicted molar refractivity (Wildman–Crippen MR) is 107 cm³/mol. The van der Waals surface area contributed by atoms with Crippen molar-refractivity contribution < 1.29 is 13.9 Å². The molecule has 1 atom stereocenters. The molecule has 0 saturated heterocycles. The normalized spacial score (nSPS) is 12.0. The summed E-state index contributed by atoms with van der Waals surface area (Å²) in [5.74, 6) is 0.143. The minimum atomic E-state index is -0.689. The number of nitrogens with zero attached hydrogens (tertiary/aromatic N) is 4. The molecule has 0 fully saturated rings. The molecule has 0 aliphatic carbocycles. The Balaban J connectivity index is 1.54. The largest absolute Gasteiger partial charge is 0.449 e. The molecule has 146 valence electrons. The Morgan fingerprint density at radius 2 is 1.66 bits per heavy atom. The first-order valence-corrected chi connectivity index (χ1v) is 9.26. The maximum absolute atomic E-state index is 12.8. The van der Waals surface area contributed by atoms with E-state index >= 15 is 0 Å². The van der Waals surface area contributed by atoms with Gasteiger partial charge in [0.1, 0.15) is 5.56 Å². The molecule has 0 N–H and O–H groups in total. The minimum Gasteiger partial charge on any atom is -0.449 e. The molecule has 29 heavy (non-hydrogen) atoms. The number of aromatic nitrogens is 4. The fourth-order valence-corrected chi connectivity index (χ4v) is 3.12. The Kier molecular flexibility index (Phi) is 4.95. The number of para-hydroxylation sites is 1. The lowest BCUT2D eigenvalue weighted by Gasteiger charge is -2.10. The summed E-state index contributed by atoms with van der Waals surface area (Å²) in [5, 5.41) is 12.6. The molecule has 0 amide bonds. The Bertz CT molecular complexity index is 1130. The maximum Gasteiger partial charge on any atom is 0.342 e. The highest BCUT2D eigenvalue weighted by Gasteiger charge is 2.25. The van der Waals surface area contributed by atoms with Crippen molar-refractivity contribution in [1.29, 1.82) is 0 Å². The van der Waals surface area contributed by atoms with Gasteiger partial charge in [-0.1, -0.05) is 36.4 Å². The van der Waals surface area contributed by atoms with Crippen LogP contribution in [0.5, 0.6) is 0 Å². The molecule has 4 rings (SSSR count). The molecule has 0 aliphatic rings. The van der Waals surface area contributed by atoms with Gasteiger partial charge in [-0.25, -0.2) is 9.48 Å². The van der Waals surface area contributed by atoms with E-state index in [2.05, 4.69) is 15.3 Å². The standard InChI is InChI=1S/C22H20N4O3/c1-14-19(15(2)26(25-14)18-12-8-5-9-13-18)22(27)28-16(3)20-23-24-21(29-20)17-10-6-4-7-11-17/h4-13,16H,1-3H3/t16-/m0/s1. The molecular formula is C22H20N4O3. The van der Waals surface area contributed by atoms with Gasteiger partial charge in [0.15, 0.2) is 6.10 Å². The molecule has 2 aromatic heterocycles. The van der Waals surface area contributed by atoms with Crippen LogP contribution in [0.4, 0.5) is 0 Å². The number of hydrogen-bond donors (Lipinski definition) is 0. The van der Waals surface area contributed by atoms with Gasteiger partial charge in [0.05, 0.1) is 17.1 Å². The molecule has 0 saturated carbocycles. The summed E-state index contributed by atoms with van der Waals surface area (Å²) in [6.07, 6.45) is -0.689. The van der Waals surface area contributed by atoms with Gasteiger partial charge in [0, 0.05) is 5.56 Å². The van der Waals surface area contributed by atoms with Gasteiger partial charge in [0.25, 0.3) is 5.89 Å². The first kappa shape index (κ1) is 18.6. The molecule has 2 heterocycles. The van der Waals surface area contributed by atoms with E-state index in [4.69, 9.17) is 9.15 Å². The van der Waals surface area contributed by atoms with Crippen LogP contribution in [0.25, 0.3) is 17.1 Å². The number of hydrogen-bond acceptors (Lipinski definition) is 6. The molecule has 0 bridgehead atoms. The van der Waals surface area contributed by atoms with Gasteiger partial charge in [-0.2, -0.15) is 5.10 Å². The summed E-state index contributed by atoms with van der Waals surface area (Å²) >= 11 is 0. The zero-order chi connectivity index (χ0) is 20.4. The van der Waals surface area contributed by atoms with Crippen molar-refractivity contribution in [2.24, 2.45) is 0 Å². The second-order valence-electron chi connectivity index (χ2n) is 6.65. The highest BCUT2D eigenvalue weighted by molar-refractivity contribution is 5.92. The Morgan fingerprint density at radius 1 is 1.00 bits per heavy atom. The van der Waals surface area contributed by atoms with Crippen molar-refractivity contribution in [2.45, 2.75) is 26.9 Å². The number of esters is 1. The van der Waals surface area contributed by atoms with Crippen LogP contribution in [0.1, 0.15) is 40.7 Å². The van der Waals surface area contributed by atoms with E-state index in [1.165, 1.54) is 0 Å². The Morgan fingerprint density at radius 3 is 2.34 bits per heavy atom. The summed E-state index contributed by atoms with van der Waals surface area (Å²) < 4.78 is 13.0. The van der Waals surface area contributed by atoms with Crippen molar-refractivity contribution in [2.75, 3.05) is 0 Å². The highest BCUT2D eigenvalue weighted by Crippen LogP contribution is 2.25. The summed E-state index contributed by atoms with van der Waals surface area (Å²) in [5.41, 5.74) is 3.43. The first-order chi connectivity index (χ1) is 14.0. The number of rotatable bonds is 5. The van der Waals surface area contributed by atoms with E-state index in [0.29, 0.717) is 22.8 Å². The third-order valence-electron chi connectivity index (χ3n) is 4.59. The van der Waals surface area contributed by atoms with Crippen LogP contribution >= 0.6 is 0 Å². The van der Waals surface area contributed by atoms with E-state index in [-0.39, 0.29) is 5.89 Å². The number of carbonyl (C=O) groups is 1. The van der Waals surface area contributed by atoms with Crippen molar-refractivity contribution >= 4 is 5.97 Å². The predicted octanol–water partition coefficient (Wildman–Crippen LogP) is 4.46. The lowest BCUT2D eigenvalue weighted by atomic mass is 10.2. The maximum atomic E-state index is 12.8. The summed E-state index contributed by atoms with van der Waals surface area (Å²) in [6.45, 7) is 5.33. The smallest absolute Gasteiger partial charge is 0.342 e. The van der Waals surface area contributed by atoms with Gasteiger partial charge in [0.2, 0.25) is 5.89 Å². The third-order valence-corrected chi connectivity index (χ3v) is 4.59. The fourth-order valence-electron chi connectivity index (χ4n) is 3.12. The van der Waals surface area contributed by atoms with Crippen LogP contribution in [0.3, 0.4) is 0 Å². The zero-order valence-electron chi connectivity index (χ0n) is 16.4. The van der Waals surface area contributed by atoms with Gasteiger partial charge >= 0.3 is 5.97 Å². The molecule has 4 aromatic rings. The monoisotopic (exact) mass is 388 g/mol. The van der Waals surface area contributed by atoms with Gasteiger partial charge in [-0.15, -0.1) is 10.2 Å². The molecule has 0 spiro atoms. The number of benzene rings is 2. The second-order valence-corrected chi connectivity index (χ2v) is 6.65. The number of ether oxygens (including phenoxy) is 1. The first-order valence-electron chi connectivity index (χ1n) is 9.26. The third kappa shape index (κ3) is 3.67. The van der Waals surface area contributed by atoms with Crippen molar-refractivity contribution in [3.63, 3.8) is 0 Å². The van der Waals surface area contributed by atoms with Crippen molar-refractivity contribution in [1.82, 2.24) is 20.0 Å². The Hall–Kier alpha value is -3.74. The van der Waals surface area contributed by atoms with Crippen LogP contribution in [0, 0.1) is 13.8 Å². The molecule has 7 nitrogen and oxygen atoms in total.